The molecule has 1 aromatic rings. The van der Waals surface area contributed by atoms with Gasteiger partial charge in [-0.1, -0.05) is 5.16 Å². The predicted octanol–water partition coefficient (Wildman–Crippen LogP) is 0.523. The number of ether oxygens (including phenoxy) is 1. The molecule has 24 heavy (non-hydrogen) atoms. The molecule has 1 N–H and O–H groups in total. The summed E-state index contributed by atoms with van der Waals surface area (Å²) < 4.78 is 10.0. The van der Waals surface area contributed by atoms with Crippen LogP contribution >= 0.6 is 0 Å². The van der Waals surface area contributed by atoms with Crippen molar-refractivity contribution < 1.29 is 18.8 Å². The molecule has 8 nitrogen and oxygen atoms in total. The van der Waals surface area contributed by atoms with Crippen LogP contribution in [0.25, 0.3) is 0 Å². The van der Waals surface area contributed by atoms with Crippen LogP contribution in [-0.2, 0) is 27.3 Å². The highest BCUT2D eigenvalue weighted by molar-refractivity contribution is 5.82. The van der Waals surface area contributed by atoms with E-state index in [-0.39, 0.29) is 30.2 Å². The maximum atomic E-state index is 12.3. The Labute approximate surface area is 140 Å². The molecule has 1 saturated carbocycles. The van der Waals surface area contributed by atoms with E-state index in [2.05, 4.69) is 15.5 Å². The number of hydrogen-bond acceptors (Lipinski definition) is 6. The van der Waals surface area contributed by atoms with Crippen LogP contribution in [0.2, 0.25) is 0 Å². The maximum absolute atomic E-state index is 12.3. The van der Waals surface area contributed by atoms with Crippen molar-refractivity contribution in [2.45, 2.75) is 38.6 Å². The number of hydrogen-bond donors (Lipinski definition) is 1. The van der Waals surface area contributed by atoms with E-state index >= 15 is 0 Å². The molecular formula is C16H24N4O4. The van der Waals surface area contributed by atoms with Gasteiger partial charge in [0.25, 0.3) is 0 Å². The van der Waals surface area contributed by atoms with Crippen molar-refractivity contribution in [3.63, 3.8) is 0 Å². The lowest BCUT2D eigenvalue weighted by atomic mass is 9.95. The molecule has 0 bridgehead atoms. The number of carbonyl (C=O) groups excluding carboxylic acids is 2. The van der Waals surface area contributed by atoms with E-state index < -0.39 is 0 Å². The van der Waals surface area contributed by atoms with E-state index in [9.17, 15) is 9.59 Å². The van der Waals surface area contributed by atoms with E-state index in [1.54, 1.807) is 7.11 Å². The number of aromatic nitrogens is 2. The summed E-state index contributed by atoms with van der Waals surface area (Å²) in [4.78, 5) is 30.4. The van der Waals surface area contributed by atoms with Crippen molar-refractivity contribution in [3.05, 3.63) is 11.7 Å². The summed E-state index contributed by atoms with van der Waals surface area (Å²) in [7, 11) is 1.61. The first-order valence-corrected chi connectivity index (χ1v) is 8.54. The topological polar surface area (TPSA) is 97.6 Å². The molecule has 1 aliphatic carbocycles. The van der Waals surface area contributed by atoms with E-state index in [0.717, 1.165) is 25.7 Å². The molecule has 0 spiro atoms. The average Bonchev–Trinajstić information content (AvgIpc) is 3.37. The molecule has 8 heteroatoms. The van der Waals surface area contributed by atoms with Crippen LogP contribution in [0.15, 0.2) is 4.52 Å². The van der Waals surface area contributed by atoms with Crippen LogP contribution < -0.4 is 5.32 Å². The maximum Gasteiger partial charge on any atom is 0.229 e. The normalized spacial score (nSPS) is 18.6. The fourth-order valence-electron chi connectivity index (χ4n) is 2.91. The zero-order valence-electron chi connectivity index (χ0n) is 14.0. The van der Waals surface area contributed by atoms with Gasteiger partial charge < -0.3 is 19.5 Å². The number of piperidine rings is 1. The minimum atomic E-state index is -0.0480. The summed E-state index contributed by atoms with van der Waals surface area (Å²) in [5.74, 6) is 1.44. The highest BCUT2D eigenvalue weighted by Crippen LogP contribution is 2.32. The molecule has 0 radical (unpaired) electrons. The van der Waals surface area contributed by atoms with E-state index in [1.165, 1.54) is 0 Å². The molecule has 0 unspecified atom stereocenters. The van der Waals surface area contributed by atoms with Gasteiger partial charge in [0.1, 0.15) is 0 Å². The number of carbonyl (C=O) groups is 2. The van der Waals surface area contributed by atoms with Gasteiger partial charge in [-0.25, -0.2) is 0 Å². The Kier molecular flexibility index (Phi) is 5.44. The number of nitrogens with zero attached hydrogens (tertiary/aromatic N) is 3. The molecule has 2 fully saturated rings. The molecule has 0 aromatic carbocycles. The first kappa shape index (κ1) is 16.9. The molecule has 2 amide bonds. The number of methoxy groups -OCH3 is 1. The number of amides is 2. The van der Waals surface area contributed by atoms with Crippen molar-refractivity contribution in [3.8, 4) is 0 Å². The second-order valence-electron chi connectivity index (χ2n) is 6.44. The van der Waals surface area contributed by atoms with Gasteiger partial charge in [-0.3, -0.25) is 9.59 Å². The zero-order chi connectivity index (χ0) is 16.9. The fraction of sp³-hybridized carbons (Fsp3) is 0.750. The summed E-state index contributed by atoms with van der Waals surface area (Å²) in [5, 5.41) is 6.70. The highest BCUT2D eigenvalue weighted by atomic mass is 16.5. The molecule has 2 aliphatic rings. The summed E-state index contributed by atoms with van der Waals surface area (Å²) >= 11 is 0. The van der Waals surface area contributed by atoms with E-state index in [4.69, 9.17) is 9.26 Å². The van der Waals surface area contributed by atoms with E-state index in [0.29, 0.717) is 37.8 Å². The minimum absolute atomic E-state index is 0.00300. The summed E-state index contributed by atoms with van der Waals surface area (Å²) in [6, 6.07) is 0. The second kappa shape index (κ2) is 7.74. The van der Waals surface area contributed by atoms with E-state index in [1.807, 2.05) is 4.90 Å². The van der Waals surface area contributed by atoms with Crippen LogP contribution in [0.3, 0.4) is 0 Å². The monoisotopic (exact) mass is 336 g/mol. The Balaban J connectivity index is 1.39. The predicted molar refractivity (Wildman–Crippen MR) is 83.8 cm³/mol. The highest BCUT2D eigenvalue weighted by Gasteiger charge is 2.35. The lowest BCUT2D eigenvalue weighted by Crippen LogP contribution is -2.43. The van der Waals surface area contributed by atoms with Gasteiger partial charge in [0, 0.05) is 32.0 Å². The second-order valence-corrected chi connectivity index (χ2v) is 6.44. The largest absolute Gasteiger partial charge is 0.384 e. The Morgan fingerprint density at radius 3 is 2.67 bits per heavy atom. The van der Waals surface area contributed by atoms with Gasteiger partial charge >= 0.3 is 0 Å². The first-order valence-electron chi connectivity index (χ1n) is 8.54. The smallest absolute Gasteiger partial charge is 0.229 e. The molecule has 3 rings (SSSR count). The van der Waals surface area contributed by atoms with Crippen molar-refractivity contribution in [2.75, 3.05) is 26.8 Å². The third kappa shape index (κ3) is 4.31. The van der Waals surface area contributed by atoms with Gasteiger partial charge in [0.2, 0.25) is 17.7 Å². The number of nitrogens with one attached hydrogen (secondary N) is 1. The minimum Gasteiger partial charge on any atom is -0.384 e. The molecule has 132 valence electrons. The molecule has 2 heterocycles. The molecule has 0 atom stereocenters. The van der Waals surface area contributed by atoms with Crippen LogP contribution in [0, 0.1) is 11.8 Å². The van der Waals surface area contributed by atoms with Crippen LogP contribution in [0.4, 0.5) is 0 Å². The molecule has 1 saturated heterocycles. The van der Waals surface area contributed by atoms with Gasteiger partial charge in [-0.05, 0) is 25.7 Å². The van der Waals surface area contributed by atoms with Crippen molar-refractivity contribution >= 4 is 11.8 Å². The summed E-state index contributed by atoms with van der Waals surface area (Å²) in [6.45, 7) is 2.14. The summed E-state index contributed by atoms with van der Waals surface area (Å²) in [6.07, 6.45) is 4.04. The van der Waals surface area contributed by atoms with Gasteiger partial charge in [-0.15, -0.1) is 0 Å². The van der Waals surface area contributed by atoms with Crippen molar-refractivity contribution in [1.29, 1.82) is 0 Å². The average molecular weight is 336 g/mol. The molecular weight excluding hydrogens is 312 g/mol. The van der Waals surface area contributed by atoms with Gasteiger partial charge in [0.15, 0.2) is 5.82 Å². The fourth-order valence-corrected chi connectivity index (χ4v) is 2.91. The third-order valence-electron chi connectivity index (χ3n) is 4.55. The Bertz CT molecular complexity index is 576. The van der Waals surface area contributed by atoms with Crippen LogP contribution in [-0.4, -0.2) is 53.7 Å². The number of rotatable bonds is 7. The SMILES string of the molecule is COCCc1nc(CNC(=O)C2CCN(C(=O)C3CC3)CC2)no1. The quantitative estimate of drug-likeness (QED) is 0.780. The molecule has 1 aromatic heterocycles. The van der Waals surface area contributed by atoms with Gasteiger partial charge in [-0.2, -0.15) is 4.98 Å². The van der Waals surface area contributed by atoms with Crippen molar-refractivity contribution in [1.82, 2.24) is 20.4 Å². The standard InChI is InChI=1S/C16H24N4O4/c1-23-9-6-14-18-13(19-24-14)10-17-15(21)11-4-7-20(8-5-11)16(22)12-2-3-12/h11-12H,2-10H2,1H3,(H,17,21). The Hall–Kier alpha value is -1.96. The molecule has 1 aliphatic heterocycles. The third-order valence-corrected chi connectivity index (χ3v) is 4.55. The van der Waals surface area contributed by atoms with Crippen LogP contribution in [0.1, 0.15) is 37.4 Å². The Morgan fingerprint density at radius 1 is 1.25 bits per heavy atom. The van der Waals surface area contributed by atoms with Crippen molar-refractivity contribution in [2.24, 2.45) is 11.8 Å². The van der Waals surface area contributed by atoms with Crippen LogP contribution in [0.5, 0.6) is 0 Å². The zero-order valence-corrected chi connectivity index (χ0v) is 14.0. The lowest BCUT2D eigenvalue weighted by molar-refractivity contribution is -0.136. The first-order chi connectivity index (χ1) is 11.7. The number of likely N-dealkylation sites (tertiary alicyclic amines) is 1. The lowest BCUT2D eigenvalue weighted by Gasteiger charge is -2.31. The Morgan fingerprint density at radius 2 is 2.00 bits per heavy atom. The van der Waals surface area contributed by atoms with Gasteiger partial charge in [0.05, 0.1) is 19.6 Å². The summed E-state index contributed by atoms with van der Waals surface area (Å²) in [5.41, 5.74) is 0.